The highest BCUT2D eigenvalue weighted by atomic mass is 32.2. The zero-order valence-electron chi connectivity index (χ0n) is 5.09. The lowest BCUT2D eigenvalue weighted by Gasteiger charge is -2.03. The third kappa shape index (κ3) is 2.37. The van der Waals surface area contributed by atoms with Crippen LogP contribution in [0.5, 0.6) is 0 Å². The van der Waals surface area contributed by atoms with Crippen LogP contribution in [0.2, 0.25) is 0 Å². The van der Waals surface area contributed by atoms with E-state index < -0.39 is 11.4 Å². The van der Waals surface area contributed by atoms with Crippen molar-refractivity contribution in [2.45, 2.75) is 13.8 Å². The Hall–Kier alpha value is 0.0400. The average molecular weight is 140 g/mol. The van der Waals surface area contributed by atoms with Crippen LogP contribution in [0.4, 0.5) is 3.89 Å². The van der Waals surface area contributed by atoms with Gasteiger partial charge in [0.25, 0.3) is 0 Å². The molecule has 4 heteroatoms. The largest absolute Gasteiger partial charge is 0.465 e. The van der Waals surface area contributed by atoms with Gasteiger partial charge in [-0.2, -0.15) is 4.31 Å². The summed E-state index contributed by atoms with van der Waals surface area (Å²) in [6, 6.07) is 0. The van der Waals surface area contributed by atoms with Gasteiger partial charge in [0.05, 0.1) is 0 Å². The van der Waals surface area contributed by atoms with E-state index in [0.717, 1.165) is 0 Å². The molecule has 0 bridgehead atoms. The maximum Gasteiger partial charge on any atom is 0.465 e. The first-order chi connectivity index (χ1) is 3.72. The van der Waals surface area contributed by atoms with Gasteiger partial charge in [0.2, 0.25) is 0 Å². The first kappa shape index (κ1) is 8.04. The molecule has 1 atom stereocenters. The fourth-order valence-electron chi connectivity index (χ4n) is 0.437. The Morgan fingerprint density at radius 1 is 1.50 bits per heavy atom. The van der Waals surface area contributed by atoms with Gasteiger partial charge < -0.3 is 0 Å². The Balaban J connectivity index is 3.52. The van der Waals surface area contributed by atoms with Crippen LogP contribution in [0.1, 0.15) is 13.8 Å². The van der Waals surface area contributed by atoms with Gasteiger partial charge in [0.1, 0.15) is 0 Å². The molecule has 0 spiro atoms. The van der Waals surface area contributed by atoms with Gasteiger partial charge in [-0.25, -0.2) is 4.21 Å². The molecule has 1 unspecified atom stereocenters. The monoisotopic (exact) mass is 140 g/mol. The number of nitrogens with zero attached hydrogens (tertiary/aromatic N) is 1. The molecule has 0 saturated carbocycles. The summed E-state index contributed by atoms with van der Waals surface area (Å²) in [6.45, 7) is 4.73. The van der Waals surface area contributed by atoms with Crippen molar-refractivity contribution in [1.29, 1.82) is 0 Å². The number of hydrogen-bond acceptors (Lipinski definition) is 0. The molecule has 0 fully saturated rings. The van der Waals surface area contributed by atoms with Crippen LogP contribution >= 0.6 is 0 Å². The van der Waals surface area contributed by atoms with Crippen LogP contribution in [0.3, 0.4) is 0 Å². The van der Waals surface area contributed by atoms with Crippen LogP contribution in [-0.2, 0) is 11.4 Å². The molecule has 0 aromatic heterocycles. The summed E-state index contributed by atoms with van der Waals surface area (Å²) in [5.41, 5.74) is 0. The molecule has 1 N–H and O–H groups in total. The summed E-state index contributed by atoms with van der Waals surface area (Å²) in [5.74, 6) is 0. The number of rotatable bonds is 3. The van der Waals surface area contributed by atoms with E-state index in [2.05, 4.69) is 0 Å². The highest BCUT2D eigenvalue weighted by molar-refractivity contribution is 7.77. The minimum absolute atomic E-state index is 0.562. The minimum Gasteiger partial charge on any atom is -0.204 e. The zero-order valence-corrected chi connectivity index (χ0v) is 5.91. The molecular formula is C4H11FNOS+. The van der Waals surface area contributed by atoms with Crippen molar-refractivity contribution < 1.29 is 8.09 Å². The molecule has 0 heterocycles. The van der Waals surface area contributed by atoms with Crippen LogP contribution in [0.25, 0.3) is 0 Å². The predicted octanol–water partition coefficient (Wildman–Crippen LogP) is 1.03. The maximum absolute atomic E-state index is 11.9. The summed E-state index contributed by atoms with van der Waals surface area (Å²) >= 11 is -2.02. The second-order valence-corrected chi connectivity index (χ2v) is 2.29. The highest BCUT2D eigenvalue weighted by Gasteiger charge is 2.11. The Kier molecular flexibility index (Phi) is 3.99. The SMILES string of the molecule is CCN(CC)S(=[OH+])F. The fourth-order valence-corrected chi connectivity index (χ4v) is 0.863. The minimum atomic E-state index is -2.02. The van der Waals surface area contributed by atoms with Crippen molar-refractivity contribution in [3.8, 4) is 0 Å². The van der Waals surface area contributed by atoms with Gasteiger partial charge in [-0.15, -0.1) is 0 Å². The van der Waals surface area contributed by atoms with Crippen LogP contribution in [0, 0.1) is 0 Å². The molecule has 0 rings (SSSR count). The second-order valence-electron chi connectivity index (χ2n) is 1.33. The van der Waals surface area contributed by atoms with E-state index in [1.54, 1.807) is 13.8 Å². The van der Waals surface area contributed by atoms with Gasteiger partial charge in [-0.1, -0.05) is 17.7 Å². The molecule has 0 radical (unpaired) electrons. The first-order valence-corrected chi connectivity index (χ1v) is 3.61. The van der Waals surface area contributed by atoms with Crippen molar-refractivity contribution in [2.75, 3.05) is 13.1 Å². The molecule has 0 amide bonds. The molecule has 0 aromatic carbocycles. The van der Waals surface area contributed by atoms with Crippen molar-refractivity contribution >= 4 is 11.4 Å². The van der Waals surface area contributed by atoms with Crippen molar-refractivity contribution in [3.63, 3.8) is 0 Å². The van der Waals surface area contributed by atoms with Crippen LogP contribution in [-0.4, -0.2) is 21.6 Å². The first-order valence-electron chi connectivity index (χ1n) is 2.57. The predicted molar refractivity (Wildman–Crippen MR) is 33.3 cm³/mol. The molecule has 0 aromatic rings. The van der Waals surface area contributed by atoms with E-state index in [0.29, 0.717) is 13.1 Å². The summed E-state index contributed by atoms with van der Waals surface area (Å²) in [5, 5.41) is 0. The molecule has 0 aliphatic heterocycles. The van der Waals surface area contributed by atoms with E-state index in [1.165, 1.54) is 4.31 Å². The van der Waals surface area contributed by atoms with E-state index >= 15 is 0 Å². The Labute approximate surface area is 51.6 Å². The molecule has 0 aliphatic rings. The van der Waals surface area contributed by atoms with Gasteiger partial charge in [0, 0.05) is 13.1 Å². The summed E-state index contributed by atoms with van der Waals surface area (Å²) in [4.78, 5) is 0. The zero-order chi connectivity index (χ0) is 6.57. The summed E-state index contributed by atoms with van der Waals surface area (Å²) in [6.07, 6.45) is 0. The van der Waals surface area contributed by atoms with Crippen LogP contribution in [0.15, 0.2) is 0 Å². The average Bonchev–Trinajstić information content (AvgIpc) is 1.69. The quantitative estimate of drug-likeness (QED) is 0.413. The van der Waals surface area contributed by atoms with Crippen molar-refractivity contribution in [1.82, 2.24) is 4.31 Å². The third-order valence-electron chi connectivity index (χ3n) is 0.918. The topological polar surface area (TPSA) is 24.6 Å². The smallest absolute Gasteiger partial charge is 0.204 e. The Bertz CT molecular complexity index is 84.1. The molecule has 2 nitrogen and oxygen atoms in total. The lowest BCUT2D eigenvalue weighted by Crippen LogP contribution is -2.21. The molecule has 8 heavy (non-hydrogen) atoms. The van der Waals surface area contributed by atoms with Crippen molar-refractivity contribution in [2.24, 2.45) is 0 Å². The lowest BCUT2D eigenvalue weighted by molar-refractivity contribution is 0.470. The van der Waals surface area contributed by atoms with Gasteiger partial charge in [-0.05, 0) is 0 Å². The van der Waals surface area contributed by atoms with Crippen LogP contribution < -0.4 is 0 Å². The Morgan fingerprint density at radius 2 is 1.88 bits per heavy atom. The van der Waals surface area contributed by atoms with Gasteiger partial charge >= 0.3 is 11.4 Å². The summed E-state index contributed by atoms with van der Waals surface area (Å²) < 4.78 is 21.5. The maximum atomic E-state index is 11.9. The number of halogens is 1. The van der Waals surface area contributed by atoms with Gasteiger partial charge in [-0.3, -0.25) is 0 Å². The van der Waals surface area contributed by atoms with E-state index in [4.69, 9.17) is 4.21 Å². The van der Waals surface area contributed by atoms with E-state index in [9.17, 15) is 3.89 Å². The number of hydrogen-bond donors (Lipinski definition) is 0. The molecular weight excluding hydrogens is 129 g/mol. The standard InChI is InChI=1S/C4H10FNOS/c1-3-6(4-2)8(5)7/h3-4H2,1-2H3/p+1. The third-order valence-corrected chi connectivity index (χ3v) is 1.86. The Morgan fingerprint density at radius 3 is 1.88 bits per heavy atom. The van der Waals surface area contributed by atoms with Gasteiger partial charge in [0.15, 0.2) is 0 Å². The molecule has 0 aliphatic carbocycles. The summed E-state index contributed by atoms with van der Waals surface area (Å²) in [7, 11) is 0. The van der Waals surface area contributed by atoms with E-state index in [1.807, 2.05) is 0 Å². The second kappa shape index (κ2) is 3.97. The van der Waals surface area contributed by atoms with Crippen molar-refractivity contribution in [3.05, 3.63) is 0 Å². The highest BCUT2D eigenvalue weighted by Crippen LogP contribution is 1.93. The fraction of sp³-hybridized carbons (Fsp3) is 1.00. The van der Waals surface area contributed by atoms with E-state index in [-0.39, 0.29) is 0 Å². The lowest BCUT2D eigenvalue weighted by atomic mass is 10.7. The molecule has 50 valence electrons. The normalized spacial score (nSPS) is 14.5. The molecule has 0 saturated heterocycles.